The number of carbonyl (C=O) groups excluding carboxylic acids is 2. The molecule has 0 radical (unpaired) electrons. The third-order valence-corrected chi connectivity index (χ3v) is 2.46. The molecule has 22 heavy (non-hydrogen) atoms. The van der Waals surface area contributed by atoms with Gasteiger partial charge in [-0.15, -0.1) is 0 Å². The second-order valence-electron chi connectivity index (χ2n) is 4.18. The summed E-state index contributed by atoms with van der Waals surface area (Å²) in [5.41, 5.74) is 0. The van der Waals surface area contributed by atoms with Crippen molar-refractivity contribution in [2.24, 2.45) is 0 Å². The van der Waals surface area contributed by atoms with Crippen molar-refractivity contribution >= 4 is 12.1 Å². The van der Waals surface area contributed by atoms with E-state index < -0.39 is 62.2 Å². The maximum absolute atomic E-state index is 10.5. The first-order valence-corrected chi connectivity index (χ1v) is 6.06. The Hall–Kier alpha value is -1.02. The quantitative estimate of drug-likeness (QED) is 0.181. The zero-order chi connectivity index (χ0) is 17.9. The van der Waals surface area contributed by atoms with E-state index in [0.717, 1.165) is 0 Å². The van der Waals surface area contributed by atoms with Crippen LogP contribution in [0.25, 0.3) is 0 Å². The van der Waals surface area contributed by atoms with E-state index >= 15 is 0 Å². The van der Waals surface area contributed by atoms with Gasteiger partial charge in [0.1, 0.15) is 43.2 Å². The molecule has 0 saturated carbocycles. The molecule has 0 unspecified atom stereocenters. The minimum atomic E-state index is -1.86. The standard InChI is InChI=1S/C6H12O6.C5H10O5/c7-1-3(9)5(11)6(12)4(10)2-8;6-1-3(8)5(10)4(9)2-7/h3,5-9,11-12H,1-2H2;1,3-5,7-10H,2H2/t3-,5+,6+;3-,4+,5-/m00/s1. The predicted molar refractivity (Wildman–Crippen MR) is 68.4 cm³/mol. The number of carbonyl (C=O) groups is 2. The summed E-state index contributed by atoms with van der Waals surface area (Å²) >= 11 is 0. The molecule has 0 aliphatic carbocycles. The van der Waals surface area contributed by atoms with Gasteiger partial charge < -0.3 is 50.8 Å². The van der Waals surface area contributed by atoms with E-state index in [1.54, 1.807) is 0 Å². The summed E-state index contributed by atoms with van der Waals surface area (Å²) in [6.45, 7) is -2.38. The molecule has 11 nitrogen and oxygen atoms in total. The summed E-state index contributed by atoms with van der Waals surface area (Å²) in [4.78, 5) is 20.3. The highest BCUT2D eigenvalue weighted by Gasteiger charge is 2.28. The summed E-state index contributed by atoms with van der Waals surface area (Å²) < 4.78 is 0. The first kappa shape index (κ1) is 23.2. The number of aldehydes is 1. The van der Waals surface area contributed by atoms with Crippen molar-refractivity contribution in [2.45, 2.75) is 36.6 Å². The van der Waals surface area contributed by atoms with Gasteiger partial charge in [0.25, 0.3) is 0 Å². The molecule has 0 aromatic carbocycles. The maximum Gasteiger partial charge on any atom is 0.189 e. The molecule has 6 atom stereocenters. The lowest BCUT2D eigenvalue weighted by Crippen LogP contribution is -2.44. The van der Waals surface area contributed by atoms with Crippen LogP contribution in [0, 0.1) is 0 Å². The number of aliphatic hydroxyl groups excluding tert-OH is 9. The van der Waals surface area contributed by atoms with E-state index in [0.29, 0.717) is 0 Å². The third kappa shape index (κ3) is 8.43. The van der Waals surface area contributed by atoms with Crippen molar-refractivity contribution in [3.8, 4) is 0 Å². The number of ketones is 1. The SMILES string of the molecule is O=C(CO)[C@@H](O)[C@H](O)[C@@H](O)CO.O=C[C@H](O)[C@H](O)[C@H](O)CO. The Balaban J connectivity index is 0. The summed E-state index contributed by atoms with van der Waals surface area (Å²) in [7, 11) is 0. The molecule has 0 rings (SSSR count). The van der Waals surface area contributed by atoms with Crippen LogP contribution in [0.15, 0.2) is 0 Å². The van der Waals surface area contributed by atoms with Crippen LogP contribution >= 0.6 is 0 Å². The highest BCUT2D eigenvalue weighted by Crippen LogP contribution is 2.00. The van der Waals surface area contributed by atoms with Crippen LogP contribution in [0.5, 0.6) is 0 Å². The number of hydrogen-bond acceptors (Lipinski definition) is 11. The fourth-order valence-electron chi connectivity index (χ4n) is 1.02. The van der Waals surface area contributed by atoms with Crippen molar-refractivity contribution in [1.29, 1.82) is 0 Å². The van der Waals surface area contributed by atoms with E-state index in [1.807, 2.05) is 0 Å². The second kappa shape index (κ2) is 12.5. The molecule has 0 fully saturated rings. The molecule has 132 valence electrons. The Morgan fingerprint density at radius 3 is 1.55 bits per heavy atom. The Labute approximate surface area is 125 Å². The molecule has 0 aliphatic rings. The minimum absolute atomic E-state index is 0.0869. The highest BCUT2D eigenvalue weighted by atomic mass is 16.4. The largest absolute Gasteiger partial charge is 0.394 e. The van der Waals surface area contributed by atoms with Crippen LogP contribution < -0.4 is 0 Å². The van der Waals surface area contributed by atoms with Crippen molar-refractivity contribution < 1.29 is 55.5 Å². The lowest BCUT2D eigenvalue weighted by molar-refractivity contribution is -0.142. The van der Waals surface area contributed by atoms with Gasteiger partial charge in [-0.2, -0.15) is 0 Å². The maximum atomic E-state index is 10.5. The summed E-state index contributed by atoms with van der Waals surface area (Å²) in [6.07, 6.45) is -9.85. The molecular weight excluding hydrogens is 308 g/mol. The number of rotatable bonds is 9. The van der Waals surface area contributed by atoms with Crippen molar-refractivity contribution in [1.82, 2.24) is 0 Å². The number of aliphatic hydroxyl groups is 9. The molecule has 9 N–H and O–H groups in total. The number of Topliss-reactive ketones (excluding diaryl/α,β-unsaturated/α-hetero) is 1. The van der Waals surface area contributed by atoms with Crippen LogP contribution in [-0.4, -0.2) is 114 Å². The van der Waals surface area contributed by atoms with Gasteiger partial charge in [-0.25, -0.2) is 0 Å². The molecule has 0 heterocycles. The van der Waals surface area contributed by atoms with Crippen molar-refractivity contribution in [3.63, 3.8) is 0 Å². The van der Waals surface area contributed by atoms with Gasteiger partial charge in [-0.05, 0) is 0 Å². The smallest absolute Gasteiger partial charge is 0.189 e. The molecule has 0 amide bonds. The van der Waals surface area contributed by atoms with Crippen LogP contribution in [0.1, 0.15) is 0 Å². The minimum Gasteiger partial charge on any atom is -0.394 e. The van der Waals surface area contributed by atoms with Crippen LogP contribution in [0.3, 0.4) is 0 Å². The van der Waals surface area contributed by atoms with Gasteiger partial charge in [-0.1, -0.05) is 0 Å². The van der Waals surface area contributed by atoms with Gasteiger partial charge >= 0.3 is 0 Å². The van der Waals surface area contributed by atoms with E-state index in [-0.39, 0.29) is 6.29 Å². The summed E-state index contributed by atoms with van der Waals surface area (Å²) in [6, 6.07) is 0. The normalized spacial score (nSPS) is 19.0. The van der Waals surface area contributed by atoms with E-state index in [9.17, 15) is 9.59 Å². The fourth-order valence-corrected chi connectivity index (χ4v) is 1.02. The van der Waals surface area contributed by atoms with E-state index in [2.05, 4.69) is 0 Å². The third-order valence-electron chi connectivity index (χ3n) is 2.46. The van der Waals surface area contributed by atoms with Gasteiger partial charge in [0.2, 0.25) is 0 Å². The van der Waals surface area contributed by atoms with Crippen LogP contribution in [0.4, 0.5) is 0 Å². The van der Waals surface area contributed by atoms with E-state index in [4.69, 9.17) is 46.0 Å². The first-order chi connectivity index (χ1) is 10.2. The molecule has 0 aromatic heterocycles. The molecule has 0 spiro atoms. The Morgan fingerprint density at radius 2 is 1.23 bits per heavy atom. The Morgan fingerprint density at radius 1 is 0.818 bits per heavy atom. The second-order valence-corrected chi connectivity index (χ2v) is 4.18. The Kier molecular flexibility index (Phi) is 13.2. The molecule has 0 aromatic rings. The predicted octanol–water partition coefficient (Wildman–Crippen LogP) is -6.12. The van der Waals surface area contributed by atoms with Crippen LogP contribution in [-0.2, 0) is 9.59 Å². The number of hydrogen-bond donors (Lipinski definition) is 9. The lowest BCUT2D eigenvalue weighted by Gasteiger charge is -2.19. The lowest BCUT2D eigenvalue weighted by atomic mass is 10.1. The summed E-state index contributed by atoms with van der Waals surface area (Å²) in [5, 5.41) is 77.1. The van der Waals surface area contributed by atoms with Crippen molar-refractivity contribution in [2.75, 3.05) is 19.8 Å². The first-order valence-electron chi connectivity index (χ1n) is 6.06. The zero-order valence-corrected chi connectivity index (χ0v) is 11.5. The van der Waals surface area contributed by atoms with Gasteiger partial charge in [0, 0.05) is 0 Å². The van der Waals surface area contributed by atoms with Gasteiger partial charge in [-0.3, -0.25) is 4.79 Å². The average Bonchev–Trinajstić information content (AvgIpc) is 2.56. The summed E-state index contributed by atoms with van der Waals surface area (Å²) in [5.74, 6) is -1.00. The topological polar surface area (TPSA) is 216 Å². The molecular formula is C11H22O11. The van der Waals surface area contributed by atoms with Crippen molar-refractivity contribution in [3.05, 3.63) is 0 Å². The molecule has 0 aliphatic heterocycles. The van der Waals surface area contributed by atoms with Gasteiger partial charge in [0.15, 0.2) is 12.1 Å². The molecule has 0 bridgehead atoms. The molecule has 11 heteroatoms. The fraction of sp³-hybridized carbons (Fsp3) is 0.818. The average molecular weight is 330 g/mol. The van der Waals surface area contributed by atoms with E-state index in [1.165, 1.54) is 0 Å². The highest BCUT2D eigenvalue weighted by molar-refractivity contribution is 5.84. The zero-order valence-electron chi connectivity index (χ0n) is 11.5. The Bertz CT molecular complexity index is 310. The molecule has 0 saturated heterocycles. The monoisotopic (exact) mass is 330 g/mol. The van der Waals surface area contributed by atoms with Gasteiger partial charge in [0.05, 0.1) is 13.2 Å². The van der Waals surface area contributed by atoms with Crippen LogP contribution in [0.2, 0.25) is 0 Å².